The molecular formula is C60H35N5. The molecule has 0 unspecified atom stereocenters. The Kier molecular flexibility index (Phi) is 6.89. The summed E-state index contributed by atoms with van der Waals surface area (Å²) in [4.78, 5) is 10.8. The van der Waals surface area contributed by atoms with E-state index in [1.807, 2.05) is 12.1 Å². The van der Waals surface area contributed by atoms with Gasteiger partial charge in [0.25, 0.3) is 0 Å². The van der Waals surface area contributed by atoms with Gasteiger partial charge in [-0.25, -0.2) is 9.97 Å². The average Bonchev–Trinajstić information content (AvgIpc) is 4.09. The lowest BCUT2D eigenvalue weighted by Gasteiger charge is -2.14. The van der Waals surface area contributed by atoms with Crippen molar-refractivity contribution in [3.05, 3.63) is 212 Å². The Bertz CT molecular complexity index is 4460. The van der Waals surface area contributed by atoms with E-state index in [2.05, 4.69) is 214 Å². The molecular weight excluding hydrogens is 791 g/mol. The van der Waals surface area contributed by atoms with E-state index in [1.54, 1.807) is 0 Å². The minimum atomic E-state index is 0.852. The summed E-state index contributed by atoms with van der Waals surface area (Å²) in [7, 11) is 0. The largest absolute Gasteiger partial charge is 0.309 e. The summed E-state index contributed by atoms with van der Waals surface area (Å²) in [6.45, 7) is 0. The molecule has 15 aromatic rings. The SMILES string of the molecule is c1ccc(-n2c3ccccc3c3ccc(-c4nc5ccccc5nc4-c4ccc(-n5c6ccccc6c6cc7c8ccccc8n8c9cc%10ccccc%10cc9c(c65)c78)cc4)cc32)cc1. The first kappa shape index (κ1) is 34.7. The third kappa shape index (κ3) is 4.76. The van der Waals surface area contributed by atoms with Gasteiger partial charge in [0.2, 0.25) is 0 Å². The molecule has 0 radical (unpaired) electrons. The second-order valence-electron chi connectivity index (χ2n) is 17.3. The highest BCUT2D eigenvalue weighted by atomic mass is 15.0. The lowest BCUT2D eigenvalue weighted by molar-refractivity contribution is 1.18. The van der Waals surface area contributed by atoms with Crippen LogP contribution in [0, 0.1) is 0 Å². The first-order chi connectivity index (χ1) is 32.2. The van der Waals surface area contributed by atoms with Gasteiger partial charge in [-0.3, -0.25) is 0 Å². The topological polar surface area (TPSA) is 40.0 Å². The van der Waals surface area contributed by atoms with Crippen LogP contribution >= 0.6 is 0 Å². The monoisotopic (exact) mass is 825 g/mol. The molecule has 300 valence electrons. The van der Waals surface area contributed by atoms with Gasteiger partial charge in [-0.1, -0.05) is 133 Å². The number of nitrogens with zero attached hydrogens (tertiary/aromatic N) is 5. The number of rotatable bonds is 4. The molecule has 0 N–H and O–H groups in total. The van der Waals surface area contributed by atoms with Gasteiger partial charge in [0.1, 0.15) is 0 Å². The molecule has 0 aliphatic carbocycles. The molecule has 0 saturated heterocycles. The number of benzene rings is 10. The molecule has 0 saturated carbocycles. The minimum absolute atomic E-state index is 0.852. The zero-order chi connectivity index (χ0) is 42.3. The summed E-state index contributed by atoms with van der Waals surface area (Å²) in [6, 6.07) is 76.9. The fraction of sp³-hybridized carbons (Fsp3) is 0. The van der Waals surface area contributed by atoms with Crippen LogP contribution in [0.3, 0.4) is 0 Å². The van der Waals surface area contributed by atoms with Gasteiger partial charge in [0.15, 0.2) is 0 Å². The van der Waals surface area contributed by atoms with E-state index in [-0.39, 0.29) is 0 Å². The Morgan fingerprint density at radius 3 is 1.55 bits per heavy atom. The summed E-state index contributed by atoms with van der Waals surface area (Å²) in [6.07, 6.45) is 0. The first-order valence-electron chi connectivity index (χ1n) is 22.2. The fourth-order valence-electron chi connectivity index (χ4n) is 11.1. The van der Waals surface area contributed by atoms with Crippen LogP contribution in [0.2, 0.25) is 0 Å². The summed E-state index contributed by atoms with van der Waals surface area (Å²) in [5.74, 6) is 0. The van der Waals surface area contributed by atoms with E-state index in [0.717, 1.165) is 50.4 Å². The van der Waals surface area contributed by atoms with Crippen molar-refractivity contribution in [3.63, 3.8) is 0 Å². The zero-order valence-corrected chi connectivity index (χ0v) is 34.9. The molecule has 5 nitrogen and oxygen atoms in total. The van der Waals surface area contributed by atoms with Crippen LogP contribution in [-0.4, -0.2) is 23.5 Å². The molecule has 10 aromatic carbocycles. The Hall–Kier alpha value is -8.80. The van der Waals surface area contributed by atoms with Crippen molar-refractivity contribution in [3.8, 4) is 33.9 Å². The third-order valence-electron chi connectivity index (χ3n) is 13.9. The van der Waals surface area contributed by atoms with Crippen molar-refractivity contribution in [1.29, 1.82) is 0 Å². The molecule has 5 heterocycles. The molecule has 0 amide bonds. The normalized spacial score (nSPS) is 12.3. The van der Waals surface area contributed by atoms with E-state index in [0.29, 0.717) is 0 Å². The summed E-state index contributed by atoms with van der Waals surface area (Å²) in [5, 5.41) is 12.5. The maximum absolute atomic E-state index is 5.38. The van der Waals surface area contributed by atoms with Crippen LogP contribution < -0.4 is 0 Å². The van der Waals surface area contributed by atoms with Gasteiger partial charge < -0.3 is 13.5 Å². The second-order valence-corrected chi connectivity index (χ2v) is 17.3. The maximum Gasteiger partial charge on any atom is 0.0973 e. The highest BCUT2D eigenvalue weighted by Crippen LogP contribution is 2.47. The molecule has 65 heavy (non-hydrogen) atoms. The minimum Gasteiger partial charge on any atom is -0.309 e. The van der Waals surface area contributed by atoms with Crippen molar-refractivity contribution in [2.24, 2.45) is 0 Å². The van der Waals surface area contributed by atoms with Crippen molar-refractivity contribution in [2.75, 3.05) is 0 Å². The molecule has 5 heteroatoms. The van der Waals surface area contributed by atoms with Crippen LogP contribution in [0.5, 0.6) is 0 Å². The van der Waals surface area contributed by atoms with Crippen LogP contribution in [0.25, 0.3) is 137 Å². The highest BCUT2D eigenvalue weighted by molar-refractivity contribution is 6.35. The van der Waals surface area contributed by atoms with Crippen LogP contribution in [0.1, 0.15) is 0 Å². The Balaban J connectivity index is 0.973. The van der Waals surface area contributed by atoms with Gasteiger partial charge in [0.05, 0.1) is 61.0 Å². The quantitative estimate of drug-likeness (QED) is 0.177. The number of hydrogen-bond acceptors (Lipinski definition) is 2. The predicted octanol–water partition coefficient (Wildman–Crippen LogP) is 15.5. The number of hydrogen-bond donors (Lipinski definition) is 0. The average molecular weight is 826 g/mol. The Morgan fingerprint density at radius 1 is 0.292 bits per heavy atom. The summed E-state index contributed by atoms with van der Waals surface area (Å²) in [5.41, 5.74) is 16.1. The van der Waals surface area contributed by atoms with Gasteiger partial charge in [-0.2, -0.15) is 0 Å². The molecule has 0 aliphatic rings. The summed E-state index contributed by atoms with van der Waals surface area (Å²) >= 11 is 0. The summed E-state index contributed by atoms with van der Waals surface area (Å²) < 4.78 is 7.35. The highest BCUT2D eigenvalue weighted by Gasteiger charge is 2.25. The molecule has 0 fully saturated rings. The third-order valence-corrected chi connectivity index (χ3v) is 13.9. The standard InChI is InChI=1S/C60H35N5/c1-2-16-40(17-3-1)63-51-23-11-6-18-42(51)45-31-28-39(34-54(45)63)58-57(61-49-21-9-10-22-50(49)62-58)36-26-29-41(30-27-36)64-52-24-12-7-19-43(52)46-35-47-44-20-8-13-25-53(44)65-55-33-38-15-5-4-14-37(38)32-48(55)56(59(46)64)60(47)65/h1-35H. The second kappa shape index (κ2) is 12.9. The van der Waals surface area contributed by atoms with E-state index >= 15 is 0 Å². The van der Waals surface area contributed by atoms with E-state index < -0.39 is 0 Å². The number of para-hydroxylation sites is 6. The van der Waals surface area contributed by atoms with Crippen LogP contribution in [0.15, 0.2) is 212 Å². The molecule has 0 bridgehead atoms. The number of aromatic nitrogens is 5. The van der Waals surface area contributed by atoms with Crippen LogP contribution in [-0.2, 0) is 0 Å². The van der Waals surface area contributed by atoms with Crippen molar-refractivity contribution >= 4 is 104 Å². The zero-order valence-electron chi connectivity index (χ0n) is 34.9. The molecule has 0 spiro atoms. The van der Waals surface area contributed by atoms with Gasteiger partial charge in [-0.15, -0.1) is 0 Å². The first-order valence-corrected chi connectivity index (χ1v) is 22.2. The van der Waals surface area contributed by atoms with E-state index in [9.17, 15) is 0 Å². The van der Waals surface area contributed by atoms with E-state index in [4.69, 9.17) is 9.97 Å². The molecule has 0 atom stereocenters. The van der Waals surface area contributed by atoms with Gasteiger partial charge in [0, 0.05) is 65.6 Å². The Labute approximate surface area is 371 Å². The lowest BCUT2D eigenvalue weighted by atomic mass is 10.0. The van der Waals surface area contributed by atoms with E-state index in [1.165, 1.54) is 87.0 Å². The van der Waals surface area contributed by atoms with Gasteiger partial charge >= 0.3 is 0 Å². The van der Waals surface area contributed by atoms with Crippen molar-refractivity contribution in [1.82, 2.24) is 23.5 Å². The lowest BCUT2D eigenvalue weighted by Crippen LogP contribution is -1.98. The molecule has 0 aliphatic heterocycles. The Morgan fingerprint density at radius 2 is 0.815 bits per heavy atom. The number of fused-ring (bicyclic) bond motifs is 15. The molecule has 5 aromatic heterocycles. The van der Waals surface area contributed by atoms with Crippen molar-refractivity contribution in [2.45, 2.75) is 0 Å². The van der Waals surface area contributed by atoms with Crippen molar-refractivity contribution < 1.29 is 0 Å². The smallest absolute Gasteiger partial charge is 0.0973 e. The fourth-order valence-corrected chi connectivity index (χ4v) is 11.1. The van der Waals surface area contributed by atoms with Gasteiger partial charge in [-0.05, 0) is 89.6 Å². The maximum atomic E-state index is 5.38. The van der Waals surface area contributed by atoms with Crippen LogP contribution in [0.4, 0.5) is 0 Å². The molecule has 15 rings (SSSR count). The predicted molar refractivity (Wildman–Crippen MR) is 271 cm³/mol.